The predicted molar refractivity (Wildman–Crippen MR) is 78.9 cm³/mol. The molecule has 1 N–H and O–H groups in total. The molecule has 0 aliphatic rings. The fraction of sp³-hybridized carbons (Fsp3) is 0.357. The number of aryl methyl sites for hydroxylation is 1. The van der Waals surface area contributed by atoms with E-state index < -0.39 is 0 Å². The van der Waals surface area contributed by atoms with Crippen molar-refractivity contribution in [3.8, 4) is 0 Å². The molecule has 0 aliphatic heterocycles. The third-order valence-electron chi connectivity index (χ3n) is 2.82. The molecule has 0 saturated heterocycles. The molecule has 96 valence electrons. The lowest BCUT2D eigenvalue weighted by Crippen LogP contribution is -2.12. The lowest BCUT2D eigenvalue weighted by atomic mass is 10.3. The molecule has 0 amide bonds. The van der Waals surface area contributed by atoms with Crippen LogP contribution in [0.15, 0.2) is 41.1 Å². The normalized spacial score (nSPS) is 10.6. The van der Waals surface area contributed by atoms with Gasteiger partial charge in [-0.15, -0.1) is 0 Å². The summed E-state index contributed by atoms with van der Waals surface area (Å²) in [6.07, 6.45) is 6.10. The van der Waals surface area contributed by atoms with Crippen molar-refractivity contribution >= 4 is 21.6 Å². The Morgan fingerprint density at radius 2 is 2.17 bits per heavy atom. The summed E-state index contributed by atoms with van der Waals surface area (Å²) >= 11 is 3.53. The molecule has 0 radical (unpaired) electrons. The maximum absolute atomic E-state index is 4.38. The molecule has 0 fully saturated rings. The van der Waals surface area contributed by atoms with Crippen LogP contribution in [-0.2, 0) is 13.0 Å². The molecule has 18 heavy (non-hydrogen) atoms. The standard InChI is InChI=1S/C14H18BrN3/c1-2-5-14-17-9-11-18(14)10-8-16-13-7-4-3-6-12(13)15/h3-4,6-7,9,11,16H,2,5,8,10H2,1H3. The highest BCUT2D eigenvalue weighted by Crippen LogP contribution is 2.20. The van der Waals surface area contributed by atoms with E-state index in [9.17, 15) is 0 Å². The number of hydrogen-bond acceptors (Lipinski definition) is 2. The van der Waals surface area contributed by atoms with Crippen molar-refractivity contribution in [2.45, 2.75) is 26.3 Å². The van der Waals surface area contributed by atoms with Gasteiger partial charge in [-0.25, -0.2) is 4.98 Å². The first-order valence-electron chi connectivity index (χ1n) is 6.29. The Balaban J connectivity index is 1.88. The second-order valence-electron chi connectivity index (χ2n) is 4.19. The summed E-state index contributed by atoms with van der Waals surface area (Å²) in [6.45, 7) is 4.02. The van der Waals surface area contributed by atoms with Gasteiger partial charge in [-0.05, 0) is 34.5 Å². The quantitative estimate of drug-likeness (QED) is 0.881. The second-order valence-corrected chi connectivity index (χ2v) is 5.05. The first-order chi connectivity index (χ1) is 8.81. The summed E-state index contributed by atoms with van der Waals surface area (Å²) in [7, 11) is 0. The maximum atomic E-state index is 4.38. The number of para-hydroxylation sites is 1. The van der Waals surface area contributed by atoms with Gasteiger partial charge in [0.05, 0.1) is 0 Å². The maximum Gasteiger partial charge on any atom is 0.108 e. The zero-order valence-corrected chi connectivity index (χ0v) is 12.2. The van der Waals surface area contributed by atoms with Gasteiger partial charge in [0.25, 0.3) is 0 Å². The molecular weight excluding hydrogens is 290 g/mol. The number of imidazole rings is 1. The Morgan fingerprint density at radius 1 is 1.33 bits per heavy atom. The summed E-state index contributed by atoms with van der Waals surface area (Å²) in [6, 6.07) is 8.17. The largest absolute Gasteiger partial charge is 0.382 e. The van der Waals surface area contributed by atoms with Crippen LogP contribution in [0.5, 0.6) is 0 Å². The first kappa shape index (κ1) is 13.1. The minimum absolute atomic E-state index is 0.898. The molecule has 2 rings (SSSR count). The van der Waals surface area contributed by atoms with E-state index in [1.54, 1.807) is 0 Å². The van der Waals surface area contributed by atoms with E-state index >= 15 is 0 Å². The van der Waals surface area contributed by atoms with E-state index in [4.69, 9.17) is 0 Å². The Morgan fingerprint density at radius 3 is 2.94 bits per heavy atom. The van der Waals surface area contributed by atoms with Crippen LogP contribution < -0.4 is 5.32 Å². The average molecular weight is 308 g/mol. The van der Waals surface area contributed by atoms with Crippen LogP contribution in [-0.4, -0.2) is 16.1 Å². The molecule has 0 unspecified atom stereocenters. The van der Waals surface area contributed by atoms with Crippen molar-refractivity contribution in [3.05, 3.63) is 47.0 Å². The Kier molecular flexibility index (Phi) is 4.81. The predicted octanol–water partition coefficient (Wildman–Crippen LogP) is 3.71. The molecule has 1 aromatic heterocycles. The summed E-state index contributed by atoms with van der Waals surface area (Å²) in [5.41, 5.74) is 1.13. The molecule has 0 bridgehead atoms. The van der Waals surface area contributed by atoms with Crippen LogP contribution in [0.25, 0.3) is 0 Å². The summed E-state index contributed by atoms with van der Waals surface area (Å²) in [4.78, 5) is 4.38. The van der Waals surface area contributed by atoms with Gasteiger partial charge in [-0.2, -0.15) is 0 Å². The summed E-state index contributed by atoms with van der Waals surface area (Å²) in [5, 5.41) is 3.43. The smallest absolute Gasteiger partial charge is 0.108 e. The lowest BCUT2D eigenvalue weighted by Gasteiger charge is -2.10. The van der Waals surface area contributed by atoms with Gasteiger partial charge in [-0.3, -0.25) is 0 Å². The molecule has 4 heteroatoms. The number of hydrogen-bond donors (Lipinski definition) is 1. The van der Waals surface area contributed by atoms with Crippen molar-refractivity contribution in [1.29, 1.82) is 0 Å². The number of aromatic nitrogens is 2. The van der Waals surface area contributed by atoms with Crippen LogP contribution >= 0.6 is 15.9 Å². The average Bonchev–Trinajstić information content (AvgIpc) is 2.80. The van der Waals surface area contributed by atoms with Crippen molar-refractivity contribution in [1.82, 2.24) is 9.55 Å². The highest BCUT2D eigenvalue weighted by Gasteiger charge is 2.01. The topological polar surface area (TPSA) is 29.9 Å². The Bertz CT molecular complexity index is 493. The fourth-order valence-corrected chi connectivity index (χ4v) is 2.34. The van der Waals surface area contributed by atoms with E-state index in [1.165, 1.54) is 5.82 Å². The molecule has 0 saturated carbocycles. The van der Waals surface area contributed by atoms with Gasteiger partial charge in [-0.1, -0.05) is 19.1 Å². The minimum Gasteiger partial charge on any atom is -0.382 e. The summed E-state index contributed by atoms with van der Waals surface area (Å²) < 4.78 is 3.32. The van der Waals surface area contributed by atoms with Crippen molar-refractivity contribution < 1.29 is 0 Å². The van der Waals surface area contributed by atoms with Crippen molar-refractivity contribution in [2.75, 3.05) is 11.9 Å². The lowest BCUT2D eigenvalue weighted by molar-refractivity contribution is 0.663. The van der Waals surface area contributed by atoms with E-state index in [-0.39, 0.29) is 0 Å². The van der Waals surface area contributed by atoms with Crippen LogP contribution in [0.3, 0.4) is 0 Å². The summed E-state index contributed by atoms with van der Waals surface area (Å²) in [5.74, 6) is 1.17. The van der Waals surface area contributed by atoms with Crippen molar-refractivity contribution in [2.24, 2.45) is 0 Å². The monoisotopic (exact) mass is 307 g/mol. The fourth-order valence-electron chi connectivity index (χ4n) is 1.91. The van der Waals surface area contributed by atoms with E-state index in [0.717, 1.165) is 36.1 Å². The molecular formula is C14H18BrN3. The van der Waals surface area contributed by atoms with Gasteiger partial charge in [0.2, 0.25) is 0 Å². The van der Waals surface area contributed by atoms with Crippen LogP contribution in [0.2, 0.25) is 0 Å². The van der Waals surface area contributed by atoms with Gasteiger partial charge in [0, 0.05) is 42.1 Å². The van der Waals surface area contributed by atoms with Gasteiger partial charge >= 0.3 is 0 Å². The Labute approximate surface area is 116 Å². The first-order valence-corrected chi connectivity index (χ1v) is 7.09. The number of rotatable bonds is 6. The van der Waals surface area contributed by atoms with Crippen LogP contribution in [0.1, 0.15) is 19.2 Å². The van der Waals surface area contributed by atoms with E-state index in [2.05, 4.69) is 43.8 Å². The number of anilines is 1. The highest BCUT2D eigenvalue weighted by atomic mass is 79.9. The molecule has 2 aromatic rings. The van der Waals surface area contributed by atoms with Crippen LogP contribution in [0, 0.1) is 0 Å². The second kappa shape index (κ2) is 6.59. The third kappa shape index (κ3) is 3.35. The van der Waals surface area contributed by atoms with Gasteiger partial charge < -0.3 is 9.88 Å². The molecule has 0 aliphatic carbocycles. The zero-order valence-electron chi connectivity index (χ0n) is 10.6. The molecule has 0 atom stereocenters. The van der Waals surface area contributed by atoms with E-state index in [0.29, 0.717) is 0 Å². The number of nitrogens with zero attached hydrogens (tertiary/aromatic N) is 2. The Hall–Kier alpha value is -1.29. The van der Waals surface area contributed by atoms with Gasteiger partial charge in [0.15, 0.2) is 0 Å². The molecule has 1 aromatic carbocycles. The van der Waals surface area contributed by atoms with Crippen molar-refractivity contribution in [3.63, 3.8) is 0 Å². The number of nitrogens with one attached hydrogen (secondary N) is 1. The molecule has 0 spiro atoms. The van der Waals surface area contributed by atoms with Crippen LogP contribution in [0.4, 0.5) is 5.69 Å². The zero-order chi connectivity index (χ0) is 12.8. The molecule has 3 nitrogen and oxygen atoms in total. The van der Waals surface area contributed by atoms with E-state index in [1.807, 2.05) is 30.6 Å². The SMILES string of the molecule is CCCc1nccn1CCNc1ccccc1Br. The number of benzene rings is 1. The minimum atomic E-state index is 0.898. The molecule has 1 heterocycles. The number of halogens is 1. The highest BCUT2D eigenvalue weighted by molar-refractivity contribution is 9.10. The van der Waals surface area contributed by atoms with Gasteiger partial charge in [0.1, 0.15) is 5.82 Å². The third-order valence-corrected chi connectivity index (χ3v) is 3.51.